The van der Waals surface area contributed by atoms with E-state index in [-0.39, 0.29) is 0 Å². The first kappa shape index (κ1) is 21.0. The number of quaternary nitrogens is 1. The van der Waals surface area contributed by atoms with E-state index in [0.717, 1.165) is 55.5 Å². The van der Waals surface area contributed by atoms with Gasteiger partial charge >= 0.3 is 6.18 Å². The molecule has 0 fully saturated rings. The van der Waals surface area contributed by atoms with Crippen molar-refractivity contribution in [1.82, 2.24) is 0 Å². The minimum absolute atomic E-state index is 0.556. The van der Waals surface area contributed by atoms with Gasteiger partial charge in [0.15, 0.2) is 0 Å². The summed E-state index contributed by atoms with van der Waals surface area (Å²) in [5.41, 5.74) is 0.464. The molecule has 1 aromatic carbocycles. The molecule has 0 atom stereocenters. The number of unbranched alkanes of at least 4 members (excludes halogenated alkanes) is 3. The SMILES string of the molecule is CCCC[N+](CCCC)(CCCC)Cc1ccc(C(F)(F)F)cc1. The van der Waals surface area contributed by atoms with Gasteiger partial charge in [0.05, 0.1) is 25.2 Å². The Bertz CT molecular complexity index is 429. The summed E-state index contributed by atoms with van der Waals surface area (Å²) in [6, 6.07) is 5.78. The topological polar surface area (TPSA) is 0 Å². The fourth-order valence-corrected chi connectivity index (χ4v) is 3.24. The van der Waals surface area contributed by atoms with Gasteiger partial charge < -0.3 is 4.48 Å². The van der Waals surface area contributed by atoms with E-state index in [2.05, 4.69) is 20.8 Å². The molecular weight excluding hydrogens is 311 g/mol. The summed E-state index contributed by atoms with van der Waals surface area (Å²) in [5.74, 6) is 0. The van der Waals surface area contributed by atoms with Crippen molar-refractivity contribution in [2.45, 2.75) is 72.0 Å². The van der Waals surface area contributed by atoms with Gasteiger partial charge in [-0.1, -0.05) is 52.2 Å². The van der Waals surface area contributed by atoms with Gasteiger partial charge in [0.2, 0.25) is 0 Å². The molecule has 1 rings (SSSR count). The summed E-state index contributed by atoms with van der Waals surface area (Å²) >= 11 is 0. The second kappa shape index (κ2) is 10.1. The maximum Gasteiger partial charge on any atom is 0.416 e. The van der Waals surface area contributed by atoms with E-state index in [4.69, 9.17) is 0 Å². The Morgan fingerprint density at radius 3 is 1.50 bits per heavy atom. The molecule has 138 valence electrons. The zero-order valence-electron chi connectivity index (χ0n) is 15.5. The van der Waals surface area contributed by atoms with Crippen LogP contribution in [0.3, 0.4) is 0 Å². The minimum atomic E-state index is -4.25. The van der Waals surface area contributed by atoms with Crippen LogP contribution in [0.5, 0.6) is 0 Å². The monoisotopic (exact) mass is 344 g/mol. The third-order valence-corrected chi connectivity index (χ3v) is 4.76. The highest BCUT2D eigenvalue weighted by Gasteiger charge is 2.31. The van der Waals surface area contributed by atoms with E-state index in [0.29, 0.717) is 0 Å². The first-order chi connectivity index (χ1) is 11.4. The fourth-order valence-electron chi connectivity index (χ4n) is 3.24. The molecule has 0 bridgehead atoms. The van der Waals surface area contributed by atoms with Gasteiger partial charge in [0.25, 0.3) is 0 Å². The van der Waals surface area contributed by atoms with Crippen molar-refractivity contribution >= 4 is 0 Å². The van der Waals surface area contributed by atoms with Crippen molar-refractivity contribution in [3.63, 3.8) is 0 Å². The van der Waals surface area contributed by atoms with Gasteiger partial charge in [-0.2, -0.15) is 13.2 Å². The van der Waals surface area contributed by atoms with Crippen LogP contribution in [-0.2, 0) is 12.7 Å². The van der Waals surface area contributed by atoms with Crippen LogP contribution >= 0.6 is 0 Å². The summed E-state index contributed by atoms with van der Waals surface area (Å²) in [6.45, 7) is 10.8. The summed E-state index contributed by atoms with van der Waals surface area (Å²) < 4.78 is 39.3. The highest BCUT2D eigenvalue weighted by atomic mass is 19.4. The fraction of sp³-hybridized carbons (Fsp3) is 0.700. The Morgan fingerprint density at radius 1 is 0.750 bits per heavy atom. The van der Waals surface area contributed by atoms with Crippen molar-refractivity contribution in [2.75, 3.05) is 19.6 Å². The minimum Gasteiger partial charge on any atom is -0.320 e. The van der Waals surface area contributed by atoms with Crippen LogP contribution < -0.4 is 0 Å². The summed E-state index contributed by atoms with van der Waals surface area (Å²) in [6.07, 6.45) is 2.75. The molecule has 0 unspecified atom stereocenters. The molecule has 0 radical (unpaired) electrons. The van der Waals surface area contributed by atoms with E-state index >= 15 is 0 Å². The van der Waals surface area contributed by atoms with Crippen molar-refractivity contribution < 1.29 is 17.7 Å². The van der Waals surface area contributed by atoms with Gasteiger partial charge in [-0.3, -0.25) is 0 Å². The molecule has 0 aliphatic heterocycles. The third kappa shape index (κ3) is 6.84. The highest BCUT2D eigenvalue weighted by Crippen LogP contribution is 2.30. The number of halogens is 3. The molecule has 0 N–H and O–H groups in total. The predicted octanol–water partition coefficient (Wildman–Crippen LogP) is 6.42. The Hall–Kier alpha value is -1.03. The molecule has 1 nitrogen and oxygen atoms in total. The van der Waals surface area contributed by atoms with E-state index in [9.17, 15) is 13.2 Å². The zero-order chi connectivity index (χ0) is 18.1. The zero-order valence-corrected chi connectivity index (χ0v) is 15.5. The van der Waals surface area contributed by atoms with Gasteiger partial charge in [0.1, 0.15) is 6.54 Å². The molecule has 0 heterocycles. The van der Waals surface area contributed by atoms with Gasteiger partial charge in [-0.05, 0) is 31.4 Å². The normalized spacial score (nSPS) is 12.6. The van der Waals surface area contributed by atoms with Crippen LogP contribution in [0.1, 0.15) is 70.4 Å². The lowest BCUT2D eigenvalue weighted by atomic mass is 10.1. The van der Waals surface area contributed by atoms with Crippen LogP contribution in [0.25, 0.3) is 0 Å². The maximum absolute atomic E-state index is 12.8. The van der Waals surface area contributed by atoms with Gasteiger partial charge in [0, 0.05) is 5.56 Å². The number of hydrogen-bond acceptors (Lipinski definition) is 0. The largest absolute Gasteiger partial charge is 0.416 e. The number of alkyl halides is 3. The number of nitrogens with zero attached hydrogens (tertiary/aromatic N) is 1. The second-order valence-corrected chi connectivity index (χ2v) is 6.93. The number of hydrogen-bond donors (Lipinski definition) is 0. The number of benzene rings is 1. The van der Waals surface area contributed by atoms with Gasteiger partial charge in [-0.15, -0.1) is 0 Å². The Balaban J connectivity index is 2.95. The first-order valence-electron chi connectivity index (χ1n) is 9.38. The van der Waals surface area contributed by atoms with Crippen molar-refractivity contribution in [3.05, 3.63) is 35.4 Å². The molecule has 0 saturated carbocycles. The molecule has 0 saturated heterocycles. The van der Waals surface area contributed by atoms with Crippen molar-refractivity contribution in [1.29, 1.82) is 0 Å². The van der Waals surface area contributed by atoms with Crippen LogP contribution in [0.2, 0.25) is 0 Å². The average Bonchev–Trinajstić information content (AvgIpc) is 2.56. The lowest BCUT2D eigenvalue weighted by molar-refractivity contribution is -0.941. The molecule has 1 aromatic rings. The first-order valence-corrected chi connectivity index (χ1v) is 9.38. The van der Waals surface area contributed by atoms with Crippen LogP contribution in [0, 0.1) is 0 Å². The van der Waals surface area contributed by atoms with Crippen molar-refractivity contribution in [2.24, 2.45) is 0 Å². The molecule has 4 heteroatoms. The molecule has 0 aliphatic rings. The lowest BCUT2D eigenvalue weighted by Gasteiger charge is -2.39. The lowest BCUT2D eigenvalue weighted by Crippen LogP contribution is -2.49. The van der Waals surface area contributed by atoms with E-state index < -0.39 is 11.7 Å². The summed E-state index contributed by atoms with van der Waals surface area (Å²) in [5, 5.41) is 0. The molecule has 0 aliphatic carbocycles. The number of rotatable bonds is 11. The highest BCUT2D eigenvalue weighted by molar-refractivity contribution is 5.24. The smallest absolute Gasteiger partial charge is 0.320 e. The van der Waals surface area contributed by atoms with Gasteiger partial charge in [-0.25, -0.2) is 0 Å². The maximum atomic E-state index is 12.8. The Kier molecular flexibility index (Phi) is 8.82. The van der Waals surface area contributed by atoms with Crippen LogP contribution in [0.4, 0.5) is 13.2 Å². The molecule has 24 heavy (non-hydrogen) atoms. The summed E-state index contributed by atoms with van der Waals surface area (Å²) in [4.78, 5) is 0. The van der Waals surface area contributed by atoms with Crippen molar-refractivity contribution in [3.8, 4) is 0 Å². The standard InChI is InChI=1S/C20H33F3N/c1-4-7-14-24(15-8-5-2,16-9-6-3)17-18-10-12-19(13-11-18)20(21,22)23/h10-13H,4-9,14-17H2,1-3H3/q+1. The second-order valence-electron chi connectivity index (χ2n) is 6.93. The van der Waals surface area contributed by atoms with E-state index in [1.54, 1.807) is 12.1 Å². The van der Waals surface area contributed by atoms with E-state index in [1.807, 2.05) is 0 Å². The third-order valence-electron chi connectivity index (χ3n) is 4.76. The molecule has 0 aromatic heterocycles. The van der Waals surface area contributed by atoms with Crippen LogP contribution in [-0.4, -0.2) is 24.1 Å². The Morgan fingerprint density at radius 2 is 1.17 bits per heavy atom. The molecular formula is C20H33F3N+. The predicted molar refractivity (Wildman–Crippen MR) is 94.7 cm³/mol. The molecule has 0 spiro atoms. The summed E-state index contributed by atoms with van der Waals surface area (Å²) in [7, 11) is 0. The Labute approximate surface area is 145 Å². The van der Waals surface area contributed by atoms with Crippen LogP contribution in [0.15, 0.2) is 24.3 Å². The van der Waals surface area contributed by atoms with E-state index in [1.165, 1.54) is 31.4 Å². The molecule has 0 amide bonds. The average molecular weight is 344 g/mol. The quantitative estimate of drug-likeness (QED) is 0.406.